The first-order valence-electron chi connectivity index (χ1n) is 7.81. The van der Waals surface area contributed by atoms with Crippen molar-refractivity contribution >= 4 is 22.0 Å². The minimum atomic E-state index is -0.165. The Labute approximate surface area is 146 Å². The third-order valence-corrected chi connectivity index (χ3v) is 4.72. The van der Waals surface area contributed by atoms with Crippen LogP contribution in [0.25, 0.3) is 10.6 Å². The topological polar surface area (TPSA) is 90.0 Å². The molecule has 8 nitrogen and oxygen atoms in total. The maximum absolute atomic E-state index is 12.2. The molecule has 0 bridgehead atoms. The minimum Gasteiger partial charge on any atom is -0.378 e. The Kier molecular flexibility index (Phi) is 3.98. The second kappa shape index (κ2) is 6.44. The van der Waals surface area contributed by atoms with E-state index < -0.39 is 0 Å². The van der Waals surface area contributed by atoms with Crippen LogP contribution in [-0.4, -0.2) is 29.4 Å². The number of benzene rings is 1. The van der Waals surface area contributed by atoms with Gasteiger partial charge in [-0.2, -0.15) is 14.7 Å². The van der Waals surface area contributed by atoms with Crippen LogP contribution in [0.5, 0.6) is 0 Å². The molecular weight excluding hydrogens is 338 g/mol. The Morgan fingerprint density at radius 2 is 2.16 bits per heavy atom. The molecule has 1 N–H and O–H groups in total. The monoisotopic (exact) mass is 353 g/mol. The second-order valence-electron chi connectivity index (χ2n) is 5.34. The fraction of sp³-hybridized carbons (Fsp3) is 0.188. The van der Waals surface area contributed by atoms with Gasteiger partial charge in [0, 0.05) is 6.07 Å². The first-order chi connectivity index (χ1) is 12.2. The lowest BCUT2D eigenvalue weighted by Crippen LogP contribution is -2.17. The number of rotatable bonds is 5. The number of aromatic nitrogens is 6. The molecule has 0 aliphatic rings. The Bertz CT molecular complexity index is 1070. The van der Waals surface area contributed by atoms with E-state index in [0.717, 1.165) is 22.8 Å². The van der Waals surface area contributed by atoms with E-state index in [-0.39, 0.29) is 5.56 Å². The van der Waals surface area contributed by atoms with Crippen LogP contribution >= 0.6 is 11.3 Å². The summed E-state index contributed by atoms with van der Waals surface area (Å²) in [6.45, 7) is 2.43. The van der Waals surface area contributed by atoms with Crippen molar-refractivity contribution in [2.75, 3.05) is 5.32 Å². The summed E-state index contributed by atoms with van der Waals surface area (Å²) in [5.74, 6) is 0. The molecule has 0 fully saturated rings. The Balaban J connectivity index is 1.62. The smallest absolute Gasteiger partial charge is 0.275 e. The highest BCUT2D eigenvalue weighted by atomic mass is 32.1. The lowest BCUT2D eigenvalue weighted by molar-refractivity contribution is 0.845. The number of fused-ring (bicyclic) bond motifs is 1. The predicted molar refractivity (Wildman–Crippen MR) is 95.2 cm³/mol. The van der Waals surface area contributed by atoms with E-state index >= 15 is 0 Å². The fourth-order valence-electron chi connectivity index (χ4n) is 2.47. The van der Waals surface area contributed by atoms with Crippen LogP contribution in [0.1, 0.15) is 17.6 Å². The summed E-state index contributed by atoms with van der Waals surface area (Å²) in [7, 11) is 0. The molecule has 1 aromatic carbocycles. The molecule has 0 saturated heterocycles. The SMILES string of the molecule is CCc1nn2c(=O)cc(CNc3ccccc3-n3cncn3)nc2s1. The molecule has 0 radical (unpaired) electrons. The van der Waals surface area contributed by atoms with Gasteiger partial charge < -0.3 is 5.32 Å². The molecule has 3 heterocycles. The van der Waals surface area contributed by atoms with Gasteiger partial charge in [-0.15, -0.1) is 0 Å². The quantitative estimate of drug-likeness (QED) is 0.589. The fourth-order valence-corrected chi connectivity index (χ4v) is 3.33. The normalized spacial score (nSPS) is 11.1. The summed E-state index contributed by atoms with van der Waals surface area (Å²) in [5.41, 5.74) is 2.27. The number of para-hydroxylation sites is 2. The van der Waals surface area contributed by atoms with Crippen molar-refractivity contribution in [3.05, 3.63) is 64.0 Å². The number of hydrogen-bond donors (Lipinski definition) is 1. The molecule has 0 aliphatic carbocycles. The van der Waals surface area contributed by atoms with Crippen LogP contribution < -0.4 is 10.9 Å². The first-order valence-corrected chi connectivity index (χ1v) is 8.63. The van der Waals surface area contributed by atoms with Gasteiger partial charge >= 0.3 is 0 Å². The largest absolute Gasteiger partial charge is 0.378 e. The highest BCUT2D eigenvalue weighted by molar-refractivity contribution is 7.16. The molecule has 0 atom stereocenters. The number of nitrogens with zero attached hydrogens (tertiary/aromatic N) is 6. The molecule has 126 valence electrons. The van der Waals surface area contributed by atoms with Gasteiger partial charge in [0.15, 0.2) is 0 Å². The highest BCUT2D eigenvalue weighted by Crippen LogP contribution is 2.19. The molecule has 4 aromatic rings. The van der Waals surface area contributed by atoms with E-state index in [2.05, 4.69) is 25.5 Å². The maximum Gasteiger partial charge on any atom is 0.275 e. The Morgan fingerprint density at radius 3 is 2.96 bits per heavy atom. The molecule has 0 spiro atoms. The third-order valence-electron chi connectivity index (χ3n) is 3.67. The average Bonchev–Trinajstić information content (AvgIpc) is 3.30. The molecule has 0 unspecified atom stereocenters. The van der Waals surface area contributed by atoms with Gasteiger partial charge in [-0.3, -0.25) is 4.79 Å². The van der Waals surface area contributed by atoms with Crippen LogP contribution in [0.3, 0.4) is 0 Å². The van der Waals surface area contributed by atoms with Crippen LogP contribution in [0, 0.1) is 0 Å². The molecule has 4 rings (SSSR count). The molecule has 0 saturated carbocycles. The van der Waals surface area contributed by atoms with Gasteiger partial charge in [-0.05, 0) is 18.6 Å². The van der Waals surface area contributed by atoms with Gasteiger partial charge in [-0.1, -0.05) is 30.4 Å². The number of aryl methyl sites for hydroxylation is 1. The highest BCUT2D eigenvalue weighted by Gasteiger charge is 2.09. The van der Waals surface area contributed by atoms with Crippen LogP contribution in [0.4, 0.5) is 5.69 Å². The summed E-state index contributed by atoms with van der Waals surface area (Å²) in [4.78, 5) is 21.3. The van der Waals surface area contributed by atoms with E-state index in [0.29, 0.717) is 17.2 Å². The van der Waals surface area contributed by atoms with Crippen molar-refractivity contribution in [2.45, 2.75) is 19.9 Å². The predicted octanol–water partition coefficient (Wildman–Crippen LogP) is 1.91. The molecule has 0 aliphatic heterocycles. The van der Waals surface area contributed by atoms with Gasteiger partial charge in [0.05, 0.1) is 23.6 Å². The van der Waals surface area contributed by atoms with Crippen LogP contribution in [-0.2, 0) is 13.0 Å². The van der Waals surface area contributed by atoms with Crippen molar-refractivity contribution < 1.29 is 0 Å². The second-order valence-corrected chi connectivity index (χ2v) is 6.38. The summed E-state index contributed by atoms with van der Waals surface area (Å²) in [6.07, 6.45) is 3.91. The zero-order valence-electron chi connectivity index (χ0n) is 13.5. The third kappa shape index (κ3) is 3.01. The van der Waals surface area contributed by atoms with E-state index in [1.807, 2.05) is 31.2 Å². The summed E-state index contributed by atoms with van der Waals surface area (Å²) < 4.78 is 3.04. The number of anilines is 1. The van der Waals surface area contributed by atoms with Gasteiger partial charge in [0.2, 0.25) is 4.96 Å². The summed E-state index contributed by atoms with van der Waals surface area (Å²) in [6, 6.07) is 9.27. The average molecular weight is 353 g/mol. The van der Waals surface area contributed by atoms with E-state index in [1.165, 1.54) is 28.2 Å². The van der Waals surface area contributed by atoms with Gasteiger partial charge in [0.1, 0.15) is 17.7 Å². The molecule has 3 aromatic heterocycles. The van der Waals surface area contributed by atoms with Crippen molar-refractivity contribution in [2.24, 2.45) is 0 Å². The maximum atomic E-state index is 12.2. The molecule has 0 amide bonds. The first kappa shape index (κ1) is 15.5. The van der Waals surface area contributed by atoms with E-state index in [9.17, 15) is 4.79 Å². The molecule has 25 heavy (non-hydrogen) atoms. The lowest BCUT2D eigenvalue weighted by atomic mass is 10.2. The van der Waals surface area contributed by atoms with Crippen molar-refractivity contribution in [3.8, 4) is 5.69 Å². The van der Waals surface area contributed by atoms with Crippen LogP contribution in [0.2, 0.25) is 0 Å². The number of hydrogen-bond acceptors (Lipinski definition) is 7. The minimum absolute atomic E-state index is 0.165. The zero-order chi connectivity index (χ0) is 17.2. The zero-order valence-corrected chi connectivity index (χ0v) is 14.3. The van der Waals surface area contributed by atoms with Crippen molar-refractivity contribution in [1.82, 2.24) is 29.4 Å². The summed E-state index contributed by atoms with van der Waals surface area (Å²) >= 11 is 1.44. The van der Waals surface area contributed by atoms with Crippen molar-refractivity contribution in [3.63, 3.8) is 0 Å². The number of nitrogens with one attached hydrogen (secondary N) is 1. The Morgan fingerprint density at radius 1 is 1.28 bits per heavy atom. The van der Waals surface area contributed by atoms with Crippen molar-refractivity contribution in [1.29, 1.82) is 0 Å². The lowest BCUT2D eigenvalue weighted by Gasteiger charge is -2.11. The standard InChI is InChI=1S/C16H15N7OS/c1-2-14-21-23-15(24)7-11(20-16(23)25-14)8-18-12-5-3-4-6-13(12)22-10-17-9-19-22/h3-7,9-10,18H,2,8H2,1H3. The molecule has 9 heteroatoms. The van der Waals surface area contributed by atoms with Gasteiger partial charge in [-0.25, -0.2) is 14.6 Å². The Hall–Kier alpha value is -3.07. The van der Waals surface area contributed by atoms with E-state index in [1.54, 1.807) is 11.0 Å². The van der Waals surface area contributed by atoms with Crippen LogP contribution in [0.15, 0.2) is 47.8 Å². The molecular formula is C16H15N7OS. The van der Waals surface area contributed by atoms with E-state index in [4.69, 9.17) is 0 Å². The summed E-state index contributed by atoms with van der Waals surface area (Å²) in [5, 5.41) is 12.6. The van der Waals surface area contributed by atoms with Gasteiger partial charge in [0.25, 0.3) is 5.56 Å².